The van der Waals surface area contributed by atoms with Gasteiger partial charge in [-0.2, -0.15) is 0 Å². The molecule has 18 heavy (non-hydrogen) atoms. The van der Waals surface area contributed by atoms with Crippen LogP contribution >= 0.6 is 15.9 Å². The van der Waals surface area contributed by atoms with E-state index in [9.17, 15) is 18.0 Å². The highest BCUT2D eigenvalue weighted by atomic mass is 79.9. The molecule has 0 unspecified atom stereocenters. The molecule has 0 saturated heterocycles. The first-order valence-corrected chi connectivity index (χ1v) is 5.81. The second-order valence-electron chi connectivity index (χ2n) is 3.26. The summed E-state index contributed by atoms with van der Waals surface area (Å²) in [6.45, 7) is 1.79. The SMILES string of the molecule is CCOC(=O)Cc1cccc(Br)c1OC(F)(F)F. The zero-order chi connectivity index (χ0) is 13.8. The van der Waals surface area contributed by atoms with Gasteiger partial charge >= 0.3 is 12.3 Å². The average molecular weight is 327 g/mol. The third kappa shape index (κ3) is 4.56. The van der Waals surface area contributed by atoms with Gasteiger partial charge in [0.25, 0.3) is 0 Å². The Morgan fingerprint density at radius 3 is 2.61 bits per heavy atom. The number of benzene rings is 1. The van der Waals surface area contributed by atoms with Crippen LogP contribution in [0.4, 0.5) is 13.2 Å². The van der Waals surface area contributed by atoms with Crippen LogP contribution in [-0.4, -0.2) is 18.9 Å². The fraction of sp³-hybridized carbons (Fsp3) is 0.364. The van der Waals surface area contributed by atoms with Gasteiger partial charge in [0.05, 0.1) is 17.5 Å². The van der Waals surface area contributed by atoms with Crippen LogP contribution in [-0.2, 0) is 16.0 Å². The molecule has 1 aromatic carbocycles. The third-order valence-electron chi connectivity index (χ3n) is 1.91. The lowest BCUT2D eigenvalue weighted by Crippen LogP contribution is -2.19. The summed E-state index contributed by atoms with van der Waals surface area (Å²) in [5.74, 6) is -1.03. The number of rotatable bonds is 4. The van der Waals surface area contributed by atoms with Gasteiger partial charge in [0, 0.05) is 5.56 Å². The summed E-state index contributed by atoms with van der Waals surface area (Å²) in [7, 11) is 0. The van der Waals surface area contributed by atoms with E-state index in [0.717, 1.165) is 0 Å². The molecular weight excluding hydrogens is 317 g/mol. The maximum absolute atomic E-state index is 12.2. The quantitative estimate of drug-likeness (QED) is 0.795. The van der Waals surface area contributed by atoms with E-state index in [-0.39, 0.29) is 23.1 Å². The number of carbonyl (C=O) groups is 1. The van der Waals surface area contributed by atoms with Crippen molar-refractivity contribution < 1.29 is 27.4 Å². The molecule has 0 aliphatic heterocycles. The van der Waals surface area contributed by atoms with Crippen LogP contribution in [0.2, 0.25) is 0 Å². The van der Waals surface area contributed by atoms with Crippen molar-refractivity contribution in [3.8, 4) is 5.75 Å². The van der Waals surface area contributed by atoms with Gasteiger partial charge in [0.15, 0.2) is 0 Å². The van der Waals surface area contributed by atoms with Crippen molar-refractivity contribution in [1.82, 2.24) is 0 Å². The van der Waals surface area contributed by atoms with Gasteiger partial charge in [-0.3, -0.25) is 4.79 Å². The third-order valence-corrected chi connectivity index (χ3v) is 2.53. The van der Waals surface area contributed by atoms with Crippen LogP contribution in [0.25, 0.3) is 0 Å². The molecule has 1 aromatic rings. The van der Waals surface area contributed by atoms with Crippen LogP contribution in [0.3, 0.4) is 0 Å². The fourth-order valence-corrected chi connectivity index (χ4v) is 1.78. The Bertz CT molecular complexity index is 432. The van der Waals surface area contributed by atoms with E-state index in [0.29, 0.717) is 0 Å². The molecule has 3 nitrogen and oxygen atoms in total. The first-order valence-electron chi connectivity index (χ1n) is 5.02. The number of esters is 1. The van der Waals surface area contributed by atoms with Gasteiger partial charge in [-0.1, -0.05) is 12.1 Å². The molecule has 7 heteroatoms. The monoisotopic (exact) mass is 326 g/mol. The number of alkyl halides is 3. The summed E-state index contributed by atoms with van der Waals surface area (Å²) in [4.78, 5) is 11.3. The summed E-state index contributed by atoms with van der Waals surface area (Å²) >= 11 is 2.95. The lowest BCUT2D eigenvalue weighted by Gasteiger charge is -2.14. The summed E-state index contributed by atoms with van der Waals surface area (Å²) < 4.78 is 45.4. The Balaban J connectivity index is 2.97. The number of hydrogen-bond acceptors (Lipinski definition) is 3. The predicted octanol–water partition coefficient (Wildman–Crippen LogP) is 3.45. The van der Waals surface area contributed by atoms with Gasteiger partial charge in [-0.05, 0) is 28.9 Å². The van der Waals surface area contributed by atoms with Gasteiger partial charge in [0.1, 0.15) is 5.75 Å². The molecule has 0 atom stereocenters. The maximum atomic E-state index is 12.2. The number of hydrogen-bond donors (Lipinski definition) is 0. The minimum Gasteiger partial charge on any atom is -0.466 e. The van der Waals surface area contributed by atoms with Crippen molar-refractivity contribution in [3.63, 3.8) is 0 Å². The molecule has 0 radical (unpaired) electrons. The Labute approximate surface area is 110 Å². The van der Waals surface area contributed by atoms with E-state index < -0.39 is 18.1 Å². The average Bonchev–Trinajstić information content (AvgIpc) is 2.22. The standard InChI is InChI=1S/C11H10BrF3O3/c1-2-17-9(16)6-7-4-3-5-8(12)10(7)18-11(13,14)15/h3-5H,2,6H2,1H3. The summed E-state index contributed by atoms with van der Waals surface area (Å²) in [5, 5.41) is 0. The molecule has 100 valence electrons. The molecule has 1 rings (SSSR count). The largest absolute Gasteiger partial charge is 0.573 e. The van der Waals surface area contributed by atoms with Crippen molar-refractivity contribution in [1.29, 1.82) is 0 Å². The van der Waals surface area contributed by atoms with Gasteiger partial charge < -0.3 is 9.47 Å². The van der Waals surface area contributed by atoms with E-state index >= 15 is 0 Å². The molecule has 0 aliphatic rings. The number of ether oxygens (including phenoxy) is 2. The van der Waals surface area contributed by atoms with E-state index in [4.69, 9.17) is 0 Å². The summed E-state index contributed by atoms with van der Waals surface area (Å²) in [5.41, 5.74) is 0.111. The molecular formula is C11H10BrF3O3. The molecule has 0 N–H and O–H groups in total. The predicted molar refractivity (Wildman–Crippen MR) is 61.2 cm³/mol. The molecule has 0 aromatic heterocycles. The van der Waals surface area contributed by atoms with E-state index in [2.05, 4.69) is 25.4 Å². The number of halogens is 4. The zero-order valence-electron chi connectivity index (χ0n) is 9.38. The van der Waals surface area contributed by atoms with E-state index in [1.807, 2.05) is 0 Å². The smallest absolute Gasteiger partial charge is 0.466 e. The van der Waals surface area contributed by atoms with Crippen molar-refractivity contribution in [2.24, 2.45) is 0 Å². The highest BCUT2D eigenvalue weighted by molar-refractivity contribution is 9.10. The molecule has 0 spiro atoms. The first-order chi connectivity index (χ1) is 8.33. The first kappa shape index (κ1) is 14.8. The van der Waals surface area contributed by atoms with Gasteiger partial charge in [0.2, 0.25) is 0 Å². The maximum Gasteiger partial charge on any atom is 0.573 e. The fourth-order valence-electron chi connectivity index (χ4n) is 1.29. The van der Waals surface area contributed by atoms with Gasteiger partial charge in [-0.25, -0.2) is 0 Å². The molecule has 0 bridgehead atoms. The molecule has 0 aliphatic carbocycles. The minimum atomic E-state index is -4.81. The van der Waals surface area contributed by atoms with Crippen LogP contribution in [0.15, 0.2) is 22.7 Å². The van der Waals surface area contributed by atoms with Crippen molar-refractivity contribution in [2.75, 3.05) is 6.61 Å². The van der Waals surface area contributed by atoms with Crippen molar-refractivity contribution >= 4 is 21.9 Å². The highest BCUT2D eigenvalue weighted by Crippen LogP contribution is 2.34. The normalized spacial score (nSPS) is 11.2. The van der Waals surface area contributed by atoms with Gasteiger partial charge in [-0.15, -0.1) is 13.2 Å². The van der Waals surface area contributed by atoms with Crippen LogP contribution in [0, 0.1) is 0 Å². The summed E-state index contributed by atoms with van der Waals surface area (Å²) in [6, 6.07) is 4.29. The molecule has 0 heterocycles. The van der Waals surface area contributed by atoms with Crippen molar-refractivity contribution in [3.05, 3.63) is 28.2 Å². The van der Waals surface area contributed by atoms with Crippen molar-refractivity contribution in [2.45, 2.75) is 19.7 Å². The lowest BCUT2D eigenvalue weighted by atomic mass is 10.1. The van der Waals surface area contributed by atoms with Crippen LogP contribution in [0.1, 0.15) is 12.5 Å². The zero-order valence-corrected chi connectivity index (χ0v) is 11.0. The Kier molecular flexibility index (Phi) is 5.01. The molecule has 0 amide bonds. The Morgan fingerprint density at radius 2 is 2.06 bits per heavy atom. The lowest BCUT2D eigenvalue weighted by molar-refractivity contribution is -0.275. The van der Waals surface area contributed by atoms with Crippen LogP contribution < -0.4 is 4.74 Å². The van der Waals surface area contributed by atoms with E-state index in [1.165, 1.54) is 18.2 Å². The molecule has 0 saturated carbocycles. The Hall–Kier alpha value is -1.24. The summed E-state index contributed by atoms with van der Waals surface area (Å²) in [6.07, 6.45) is -5.09. The highest BCUT2D eigenvalue weighted by Gasteiger charge is 2.33. The second-order valence-corrected chi connectivity index (χ2v) is 4.11. The van der Waals surface area contributed by atoms with Crippen LogP contribution in [0.5, 0.6) is 5.75 Å². The second kappa shape index (κ2) is 6.08. The minimum absolute atomic E-state index is 0.111. The molecule has 0 fully saturated rings. The topological polar surface area (TPSA) is 35.5 Å². The van der Waals surface area contributed by atoms with E-state index in [1.54, 1.807) is 6.92 Å². The number of para-hydroxylation sites is 1. The Morgan fingerprint density at radius 1 is 1.39 bits per heavy atom. The number of carbonyl (C=O) groups excluding carboxylic acids is 1.